The van der Waals surface area contributed by atoms with Gasteiger partial charge in [0.15, 0.2) is 0 Å². The van der Waals surface area contributed by atoms with Gasteiger partial charge in [-0.1, -0.05) is 12.2 Å². The highest BCUT2D eigenvalue weighted by molar-refractivity contribution is 4.94. The minimum absolute atomic E-state index is 0.0891. The molecule has 1 rings (SSSR count). The molecule has 1 N–H and O–H groups in total. The smallest absolute Gasteiger partial charge is 0.110 e. The van der Waals surface area contributed by atoms with Crippen LogP contribution in [0.25, 0.3) is 0 Å². The lowest BCUT2D eigenvalue weighted by molar-refractivity contribution is 0.178. The fraction of sp³-hybridized carbons (Fsp3) is 0.667. The number of rotatable bonds is 2. The van der Waals surface area contributed by atoms with Crippen LogP contribution in [0.5, 0.6) is 0 Å². The molecule has 1 unspecified atom stereocenters. The van der Waals surface area contributed by atoms with E-state index in [1.165, 1.54) is 0 Å². The average molecular weight is 114 g/mol. The molecular formula is C6H10O2. The highest BCUT2D eigenvalue weighted by atomic mass is 16.6. The summed E-state index contributed by atoms with van der Waals surface area (Å²) in [5.41, 5.74) is 0. The monoisotopic (exact) mass is 114 g/mol. The zero-order chi connectivity index (χ0) is 5.98. The van der Waals surface area contributed by atoms with Gasteiger partial charge in [0.2, 0.25) is 0 Å². The number of aliphatic hydroxyl groups excluding tert-OH is 1. The largest absolute Gasteiger partial charge is 0.386 e. The molecule has 0 spiro atoms. The predicted octanol–water partition coefficient (Wildman–Crippen LogP) is 0.322. The average Bonchev–Trinajstić information content (AvgIpc) is 2.45. The van der Waals surface area contributed by atoms with Gasteiger partial charge in [0, 0.05) is 0 Å². The number of hydrogen-bond donors (Lipinski definition) is 1. The van der Waals surface area contributed by atoms with Crippen LogP contribution in [0.4, 0.5) is 0 Å². The Morgan fingerprint density at radius 2 is 2.50 bits per heavy atom. The molecule has 1 heterocycles. The fourth-order valence-corrected chi connectivity index (χ4v) is 0.574. The van der Waals surface area contributed by atoms with Crippen molar-refractivity contribution in [3.05, 3.63) is 12.2 Å². The Balaban J connectivity index is 2.22. The summed E-state index contributed by atoms with van der Waals surface area (Å²) in [6.07, 6.45) is 3.27. The van der Waals surface area contributed by atoms with Gasteiger partial charge in [-0.05, 0) is 6.92 Å². The van der Waals surface area contributed by atoms with Gasteiger partial charge in [-0.25, -0.2) is 0 Å². The lowest BCUT2D eigenvalue weighted by Gasteiger charge is -1.95. The molecule has 0 radical (unpaired) electrons. The minimum atomic E-state index is -0.375. The molecule has 0 aliphatic carbocycles. The Labute approximate surface area is 48.8 Å². The second-order valence-electron chi connectivity index (χ2n) is 1.89. The van der Waals surface area contributed by atoms with Crippen molar-refractivity contribution in [3.63, 3.8) is 0 Å². The van der Waals surface area contributed by atoms with E-state index in [0.29, 0.717) is 6.61 Å². The van der Waals surface area contributed by atoms with E-state index in [1.807, 2.05) is 13.0 Å². The second-order valence-corrected chi connectivity index (χ2v) is 1.89. The van der Waals surface area contributed by atoms with E-state index in [0.717, 1.165) is 0 Å². The quantitative estimate of drug-likeness (QED) is 0.414. The van der Waals surface area contributed by atoms with E-state index >= 15 is 0 Å². The maximum absolute atomic E-state index is 8.98. The molecule has 0 amide bonds. The van der Waals surface area contributed by atoms with Crippen molar-refractivity contribution in [2.24, 2.45) is 0 Å². The predicted molar refractivity (Wildman–Crippen MR) is 30.6 cm³/mol. The Hall–Kier alpha value is -0.340. The van der Waals surface area contributed by atoms with Gasteiger partial charge < -0.3 is 9.84 Å². The van der Waals surface area contributed by atoms with E-state index in [4.69, 9.17) is 9.84 Å². The van der Waals surface area contributed by atoms with Crippen molar-refractivity contribution in [2.75, 3.05) is 6.61 Å². The van der Waals surface area contributed by atoms with Crippen LogP contribution in [0.1, 0.15) is 6.92 Å². The molecular weight excluding hydrogens is 104 g/mol. The molecule has 1 aliphatic rings. The van der Waals surface area contributed by atoms with E-state index in [-0.39, 0.29) is 12.2 Å². The van der Waals surface area contributed by atoms with Crippen molar-refractivity contribution in [2.45, 2.75) is 19.1 Å². The van der Waals surface area contributed by atoms with Crippen LogP contribution in [0, 0.1) is 0 Å². The molecule has 2 atom stereocenters. The first-order chi connectivity index (χ1) is 3.84. The standard InChI is InChI=1S/C6H10O2/c1-2-3-5(7)6-4-8-6/h2-3,5-7H,4H2,1H3/t5?,6-/m1/s1. The number of allylic oxidation sites excluding steroid dienone is 1. The van der Waals surface area contributed by atoms with Crippen LogP contribution < -0.4 is 0 Å². The van der Waals surface area contributed by atoms with E-state index in [2.05, 4.69) is 0 Å². The molecule has 2 nitrogen and oxygen atoms in total. The SMILES string of the molecule is CC=CC(O)[C@H]1CO1. The number of ether oxygens (including phenoxy) is 1. The Bertz CT molecular complexity index is 94.7. The molecule has 8 heavy (non-hydrogen) atoms. The summed E-state index contributed by atoms with van der Waals surface area (Å²) in [5, 5.41) is 8.98. The summed E-state index contributed by atoms with van der Waals surface area (Å²) >= 11 is 0. The number of aliphatic hydroxyl groups is 1. The van der Waals surface area contributed by atoms with E-state index < -0.39 is 0 Å². The second kappa shape index (κ2) is 2.29. The van der Waals surface area contributed by atoms with Gasteiger partial charge in [0.05, 0.1) is 6.61 Å². The summed E-state index contributed by atoms with van der Waals surface area (Å²) in [7, 11) is 0. The van der Waals surface area contributed by atoms with Crippen LogP contribution >= 0.6 is 0 Å². The number of hydrogen-bond acceptors (Lipinski definition) is 2. The third-order valence-electron chi connectivity index (χ3n) is 1.13. The van der Waals surface area contributed by atoms with Crippen molar-refractivity contribution in [3.8, 4) is 0 Å². The fourth-order valence-electron chi connectivity index (χ4n) is 0.574. The lowest BCUT2D eigenvalue weighted by Crippen LogP contribution is -2.09. The summed E-state index contributed by atoms with van der Waals surface area (Å²) in [6.45, 7) is 2.59. The molecule has 2 heteroatoms. The zero-order valence-electron chi connectivity index (χ0n) is 4.87. The van der Waals surface area contributed by atoms with Gasteiger partial charge in [-0.2, -0.15) is 0 Å². The summed E-state index contributed by atoms with van der Waals surface area (Å²) in [4.78, 5) is 0. The van der Waals surface area contributed by atoms with Crippen molar-refractivity contribution in [1.29, 1.82) is 0 Å². The third kappa shape index (κ3) is 1.32. The molecule has 1 fully saturated rings. The molecule has 0 aromatic carbocycles. The minimum Gasteiger partial charge on any atom is -0.386 e. The van der Waals surface area contributed by atoms with Crippen LogP contribution in [0.2, 0.25) is 0 Å². The molecule has 0 bridgehead atoms. The normalized spacial score (nSPS) is 31.0. The Kier molecular flexibility index (Phi) is 1.65. The van der Waals surface area contributed by atoms with Gasteiger partial charge in [-0.3, -0.25) is 0 Å². The van der Waals surface area contributed by atoms with Gasteiger partial charge >= 0.3 is 0 Å². The molecule has 0 aromatic rings. The van der Waals surface area contributed by atoms with Crippen molar-refractivity contribution < 1.29 is 9.84 Å². The van der Waals surface area contributed by atoms with Gasteiger partial charge in [-0.15, -0.1) is 0 Å². The first-order valence-electron chi connectivity index (χ1n) is 2.77. The van der Waals surface area contributed by atoms with Gasteiger partial charge in [0.1, 0.15) is 12.2 Å². The molecule has 1 saturated heterocycles. The van der Waals surface area contributed by atoms with Crippen molar-refractivity contribution in [1.82, 2.24) is 0 Å². The summed E-state index contributed by atoms with van der Waals surface area (Å²) < 4.78 is 4.82. The van der Waals surface area contributed by atoms with Crippen LogP contribution in [0.15, 0.2) is 12.2 Å². The highest BCUT2D eigenvalue weighted by Gasteiger charge is 2.28. The number of epoxide rings is 1. The highest BCUT2D eigenvalue weighted by Crippen LogP contribution is 2.14. The van der Waals surface area contributed by atoms with Crippen LogP contribution in [-0.4, -0.2) is 23.9 Å². The first-order valence-corrected chi connectivity index (χ1v) is 2.77. The maximum Gasteiger partial charge on any atom is 0.110 e. The molecule has 1 aliphatic heterocycles. The van der Waals surface area contributed by atoms with E-state index in [1.54, 1.807) is 6.08 Å². The third-order valence-corrected chi connectivity index (χ3v) is 1.13. The topological polar surface area (TPSA) is 32.8 Å². The Morgan fingerprint density at radius 3 is 2.88 bits per heavy atom. The van der Waals surface area contributed by atoms with Crippen LogP contribution in [0.3, 0.4) is 0 Å². The van der Waals surface area contributed by atoms with Crippen molar-refractivity contribution >= 4 is 0 Å². The summed E-state index contributed by atoms with van der Waals surface area (Å²) in [5.74, 6) is 0. The maximum atomic E-state index is 8.98. The first kappa shape index (κ1) is 5.79. The zero-order valence-corrected chi connectivity index (χ0v) is 4.87. The molecule has 0 saturated carbocycles. The lowest BCUT2D eigenvalue weighted by atomic mass is 10.2. The summed E-state index contributed by atoms with van der Waals surface area (Å²) in [6, 6.07) is 0. The van der Waals surface area contributed by atoms with Crippen LogP contribution in [-0.2, 0) is 4.74 Å². The van der Waals surface area contributed by atoms with E-state index in [9.17, 15) is 0 Å². The molecule has 0 aromatic heterocycles. The van der Waals surface area contributed by atoms with Gasteiger partial charge in [0.25, 0.3) is 0 Å². The Morgan fingerprint density at radius 1 is 1.88 bits per heavy atom. The molecule has 46 valence electrons.